The van der Waals surface area contributed by atoms with Gasteiger partial charge in [-0.2, -0.15) is 18.3 Å². The Bertz CT molecular complexity index is 1070. The van der Waals surface area contributed by atoms with Crippen LogP contribution in [0.2, 0.25) is 5.02 Å². The lowest BCUT2D eigenvalue weighted by Crippen LogP contribution is -2.28. The predicted octanol–water partition coefficient (Wildman–Crippen LogP) is 4.31. The molecule has 4 rings (SSSR count). The highest BCUT2D eigenvalue weighted by Gasteiger charge is 2.37. The zero-order chi connectivity index (χ0) is 20.8. The Morgan fingerprint density at radius 3 is 2.41 bits per heavy atom. The number of benzene rings is 1. The third-order valence-electron chi connectivity index (χ3n) is 4.80. The minimum absolute atomic E-state index is 0.0643. The number of amides is 1. The van der Waals surface area contributed by atoms with Crippen molar-refractivity contribution in [2.45, 2.75) is 19.0 Å². The number of rotatable bonds is 3. The van der Waals surface area contributed by atoms with E-state index >= 15 is 0 Å². The van der Waals surface area contributed by atoms with E-state index in [-0.39, 0.29) is 22.1 Å². The van der Waals surface area contributed by atoms with E-state index in [0.717, 1.165) is 18.9 Å². The smallest absolute Gasteiger partial charge is 0.433 e. The van der Waals surface area contributed by atoms with Crippen molar-refractivity contribution in [1.82, 2.24) is 19.5 Å². The molecule has 3 aromatic rings. The fraction of sp³-hybridized carbons (Fsp3) is 0.316. The van der Waals surface area contributed by atoms with E-state index in [1.54, 1.807) is 24.3 Å². The molecule has 0 bridgehead atoms. The molecule has 1 aliphatic rings. The zero-order valence-corrected chi connectivity index (χ0v) is 16.1. The molecule has 2 aromatic heterocycles. The van der Waals surface area contributed by atoms with Crippen LogP contribution in [-0.4, -0.2) is 45.6 Å². The number of likely N-dealkylation sites (tertiary alicyclic amines) is 1. The number of methoxy groups -OCH3 is 1. The van der Waals surface area contributed by atoms with E-state index in [0.29, 0.717) is 28.9 Å². The third-order valence-corrected chi connectivity index (χ3v) is 5.15. The molecule has 1 aliphatic heterocycles. The predicted molar refractivity (Wildman–Crippen MR) is 100 cm³/mol. The maximum atomic E-state index is 13.7. The van der Waals surface area contributed by atoms with E-state index in [1.807, 2.05) is 0 Å². The van der Waals surface area contributed by atoms with Crippen LogP contribution in [0.5, 0.6) is 5.75 Å². The summed E-state index contributed by atoms with van der Waals surface area (Å²) in [6, 6.07) is 7.32. The SMILES string of the molecule is COc1ccc(-c2cc(C(F)(F)F)n3nc(C(=O)N4CCCC4)c(Cl)c3n2)cc1. The number of nitrogens with zero attached hydrogens (tertiary/aromatic N) is 4. The number of carbonyl (C=O) groups excluding carboxylic acids is 1. The summed E-state index contributed by atoms with van der Waals surface area (Å²) < 4.78 is 46.9. The molecule has 6 nitrogen and oxygen atoms in total. The topological polar surface area (TPSA) is 59.7 Å². The number of ether oxygens (including phenoxy) is 1. The average Bonchev–Trinajstić information content (AvgIpc) is 3.35. The lowest BCUT2D eigenvalue weighted by atomic mass is 10.1. The van der Waals surface area contributed by atoms with Gasteiger partial charge in [-0.3, -0.25) is 4.79 Å². The van der Waals surface area contributed by atoms with Crippen LogP contribution in [0.1, 0.15) is 29.0 Å². The number of aromatic nitrogens is 3. The molecule has 0 radical (unpaired) electrons. The second kappa shape index (κ2) is 7.22. The maximum Gasteiger partial charge on any atom is 0.433 e. The summed E-state index contributed by atoms with van der Waals surface area (Å²) in [6.07, 6.45) is -3.04. The van der Waals surface area contributed by atoms with E-state index in [9.17, 15) is 18.0 Å². The van der Waals surface area contributed by atoms with Gasteiger partial charge in [0.25, 0.3) is 5.91 Å². The minimum atomic E-state index is -4.72. The summed E-state index contributed by atoms with van der Waals surface area (Å²) in [5.41, 5.74) is -0.984. The van der Waals surface area contributed by atoms with E-state index in [2.05, 4.69) is 10.1 Å². The van der Waals surface area contributed by atoms with Crippen LogP contribution in [-0.2, 0) is 6.18 Å². The van der Waals surface area contributed by atoms with Gasteiger partial charge in [0, 0.05) is 18.7 Å². The monoisotopic (exact) mass is 424 g/mol. The van der Waals surface area contributed by atoms with Crippen molar-refractivity contribution in [2.24, 2.45) is 0 Å². The van der Waals surface area contributed by atoms with E-state index in [4.69, 9.17) is 16.3 Å². The summed E-state index contributed by atoms with van der Waals surface area (Å²) in [5, 5.41) is 3.68. The first-order chi connectivity index (χ1) is 13.8. The fourth-order valence-electron chi connectivity index (χ4n) is 3.31. The molecule has 3 heterocycles. The molecule has 1 saturated heterocycles. The van der Waals surface area contributed by atoms with Crippen LogP contribution < -0.4 is 4.74 Å². The Labute approximate surface area is 168 Å². The van der Waals surface area contributed by atoms with Crippen LogP contribution in [0.15, 0.2) is 30.3 Å². The van der Waals surface area contributed by atoms with Crippen molar-refractivity contribution >= 4 is 23.2 Å². The van der Waals surface area contributed by atoms with E-state index < -0.39 is 17.8 Å². The molecule has 0 unspecified atom stereocenters. The third kappa shape index (κ3) is 3.50. The van der Waals surface area contributed by atoms with Crippen molar-refractivity contribution < 1.29 is 22.7 Å². The van der Waals surface area contributed by atoms with Crippen molar-refractivity contribution in [1.29, 1.82) is 0 Å². The highest BCUT2D eigenvalue weighted by molar-refractivity contribution is 6.36. The first-order valence-electron chi connectivity index (χ1n) is 8.90. The minimum Gasteiger partial charge on any atom is -0.497 e. The summed E-state index contributed by atoms with van der Waals surface area (Å²) >= 11 is 6.28. The first-order valence-corrected chi connectivity index (χ1v) is 9.27. The number of fused-ring (bicyclic) bond motifs is 1. The van der Waals surface area contributed by atoms with Gasteiger partial charge in [-0.25, -0.2) is 9.50 Å². The molecule has 0 N–H and O–H groups in total. The van der Waals surface area contributed by atoms with Gasteiger partial charge >= 0.3 is 6.18 Å². The van der Waals surface area contributed by atoms with E-state index in [1.165, 1.54) is 12.0 Å². The molecule has 1 fully saturated rings. The number of alkyl halides is 3. The first kappa shape index (κ1) is 19.5. The van der Waals surface area contributed by atoms with Gasteiger partial charge in [0.05, 0.1) is 12.8 Å². The van der Waals surface area contributed by atoms with Crippen molar-refractivity contribution in [3.05, 3.63) is 46.7 Å². The summed E-state index contributed by atoms with van der Waals surface area (Å²) in [7, 11) is 1.49. The molecule has 1 amide bonds. The van der Waals surface area contributed by atoms with Crippen molar-refractivity contribution in [3.63, 3.8) is 0 Å². The van der Waals surface area contributed by atoms with Gasteiger partial charge in [-0.05, 0) is 43.2 Å². The second-order valence-electron chi connectivity index (χ2n) is 6.65. The molecule has 0 aliphatic carbocycles. The lowest BCUT2D eigenvalue weighted by Gasteiger charge is -2.13. The van der Waals surface area contributed by atoms with Gasteiger partial charge < -0.3 is 9.64 Å². The van der Waals surface area contributed by atoms with Crippen molar-refractivity contribution in [2.75, 3.05) is 20.2 Å². The zero-order valence-electron chi connectivity index (χ0n) is 15.3. The maximum absolute atomic E-state index is 13.7. The molecular formula is C19H16ClF3N4O2. The average molecular weight is 425 g/mol. The molecule has 0 spiro atoms. The van der Waals surface area contributed by atoms with Crippen LogP contribution in [0.3, 0.4) is 0 Å². The van der Waals surface area contributed by atoms with Crippen LogP contribution >= 0.6 is 11.6 Å². The normalized spacial score (nSPS) is 14.6. The number of carbonyl (C=O) groups is 1. The largest absolute Gasteiger partial charge is 0.497 e. The molecule has 10 heteroatoms. The Morgan fingerprint density at radius 2 is 1.83 bits per heavy atom. The molecule has 1 aromatic carbocycles. The summed E-state index contributed by atoms with van der Waals surface area (Å²) in [4.78, 5) is 18.5. The Kier molecular flexibility index (Phi) is 4.85. The van der Waals surface area contributed by atoms with Gasteiger partial charge in [-0.15, -0.1) is 0 Å². The summed E-state index contributed by atoms with van der Waals surface area (Å²) in [5.74, 6) is 0.0730. The van der Waals surface area contributed by atoms with Crippen LogP contribution in [0, 0.1) is 0 Å². The van der Waals surface area contributed by atoms with Crippen molar-refractivity contribution in [3.8, 4) is 17.0 Å². The Morgan fingerprint density at radius 1 is 1.17 bits per heavy atom. The van der Waals surface area contributed by atoms with Gasteiger partial charge in [0.15, 0.2) is 17.0 Å². The molecular weight excluding hydrogens is 409 g/mol. The van der Waals surface area contributed by atoms with Gasteiger partial charge in [0.2, 0.25) is 0 Å². The van der Waals surface area contributed by atoms with Crippen LogP contribution in [0.25, 0.3) is 16.9 Å². The molecule has 0 saturated carbocycles. The second-order valence-corrected chi connectivity index (χ2v) is 7.03. The van der Waals surface area contributed by atoms with Crippen LogP contribution in [0.4, 0.5) is 13.2 Å². The fourth-order valence-corrected chi connectivity index (χ4v) is 3.55. The number of hydrogen-bond acceptors (Lipinski definition) is 4. The Balaban J connectivity index is 1.89. The summed E-state index contributed by atoms with van der Waals surface area (Å²) in [6.45, 7) is 1.05. The molecule has 0 atom stereocenters. The van der Waals surface area contributed by atoms with Gasteiger partial charge in [-0.1, -0.05) is 11.6 Å². The molecule has 29 heavy (non-hydrogen) atoms. The van der Waals surface area contributed by atoms with Gasteiger partial charge in [0.1, 0.15) is 10.8 Å². The quantitative estimate of drug-likeness (QED) is 0.628. The number of hydrogen-bond donors (Lipinski definition) is 0. The standard InChI is InChI=1S/C19H16ClF3N4O2/c1-29-12-6-4-11(5-7-12)13-10-14(19(21,22)23)27-17(24-13)15(20)16(25-27)18(28)26-8-2-3-9-26/h4-7,10H,2-3,8-9H2,1H3. The number of halogens is 4. The highest BCUT2D eigenvalue weighted by atomic mass is 35.5. The highest BCUT2D eigenvalue weighted by Crippen LogP contribution is 2.35. The Hall–Kier alpha value is -2.81. The molecule has 152 valence electrons. The lowest BCUT2D eigenvalue weighted by molar-refractivity contribution is -0.142.